The molecular weight excluding hydrogens is 380 g/mol. The van der Waals surface area contributed by atoms with E-state index in [2.05, 4.69) is 64.8 Å². The van der Waals surface area contributed by atoms with Crippen LogP contribution in [-0.2, 0) is 6.54 Å². The van der Waals surface area contributed by atoms with E-state index in [0.29, 0.717) is 5.92 Å². The van der Waals surface area contributed by atoms with Gasteiger partial charge in [0.25, 0.3) is 0 Å². The highest BCUT2D eigenvalue weighted by Crippen LogP contribution is 2.32. The molecule has 1 aromatic carbocycles. The summed E-state index contributed by atoms with van der Waals surface area (Å²) in [5, 5.41) is 0.723. The molecule has 0 spiro atoms. The zero-order valence-corrected chi connectivity index (χ0v) is 17.8. The lowest BCUT2D eigenvalue weighted by atomic mass is 10.0. The molecule has 1 atom stereocenters. The quantitative estimate of drug-likeness (QED) is 0.418. The zero-order valence-electron chi connectivity index (χ0n) is 17.0. The molecule has 0 saturated heterocycles. The Morgan fingerprint density at radius 1 is 1.03 bits per heavy atom. The van der Waals surface area contributed by atoms with Gasteiger partial charge in [-0.2, -0.15) is 0 Å². The lowest BCUT2D eigenvalue weighted by molar-refractivity contribution is 0.318. The van der Waals surface area contributed by atoms with E-state index in [-0.39, 0.29) is 0 Å². The predicted molar refractivity (Wildman–Crippen MR) is 121 cm³/mol. The highest BCUT2D eigenvalue weighted by atomic mass is 35.5. The summed E-state index contributed by atoms with van der Waals surface area (Å²) < 4.78 is 2.32. The van der Waals surface area contributed by atoms with E-state index < -0.39 is 0 Å². The second kappa shape index (κ2) is 8.36. The third kappa shape index (κ3) is 4.34. The molecule has 0 N–H and O–H groups in total. The smallest absolute Gasteiger partial charge is 0.0959 e. The van der Waals surface area contributed by atoms with Crippen LogP contribution in [0, 0.1) is 5.92 Å². The Balaban J connectivity index is 1.76. The van der Waals surface area contributed by atoms with Crippen molar-refractivity contribution in [2.24, 2.45) is 5.92 Å². The Labute approximate surface area is 176 Å². The maximum Gasteiger partial charge on any atom is 0.0959 e. The predicted octanol–water partition coefficient (Wildman–Crippen LogP) is 5.62. The van der Waals surface area contributed by atoms with E-state index in [1.807, 2.05) is 42.9 Å². The van der Waals surface area contributed by atoms with Gasteiger partial charge in [0.1, 0.15) is 0 Å². The lowest BCUT2D eigenvalue weighted by Crippen LogP contribution is -2.22. The molecule has 0 fully saturated rings. The first-order valence-corrected chi connectivity index (χ1v) is 10.2. The summed E-state index contributed by atoms with van der Waals surface area (Å²) in [5.74, 6) is 0.532. The van der Waals surface area contributed by atoms with Gasteiger partial charge >= 0.3 is 0 Å². The molecule has 3 aromatic heterocycles. The standard InChI is InChI=1S/C24H25ClN4/c1-17(14-28(2)3)15-29-16-22(24-23(29)8-5-9-27-24)20-10-19(12-26-13-20)18-6-4-7-21(25)11-18/h4-13,16-17H,14-15H2,1-3H3. The summed E-state index contributed by atoms with van der Waals surface area (Å²) in [5.41, 5.74) is 6.43. The van der Waals surface area contributed by atoms with Gasteiger partial charge in [0, 0.05) is 59.6 Å². The number of nitrogens with zero attached hydrogens (tertiary/aromatic N) is 4. The largest absolute Gasteiger partial charge is 0.345 e. The average molecular weight is 405 g/mol. The van der Waals surface area contributed by atoms with Gasteiger partial charge in [-0.05, 0) is 55.9 Å². The van der Waals surface area contributed by atoms with Crippen molar-refractivity contribution in [1.82, 2.24) is 19.4 Å². The molecule has 0 aliphatic rings. The summed E-state index contributed by atoms with van der Waals surface area (Å²) in [6.45, 7) is 4.27. The second-order valence-corrected chi connectivity index (χ2v) is 8.34. The topological polar surface area (TPSA) is 34.0 Å². The van der Waals surface area contributed by atoms with Crippen molar-refractivity contribution in [2.75, 3.05) is 20.6 Å². The highest BCUT2D eigenvalue weighted by Gasteiger charge is 2.14. The van der Waals surface area contributed by atoms with Gasteiger partial charge in [0.05, 0.1) is 11.0 Å². The van der Waals surface area contributed by atoms with E-state index in [4.69, 9.17) is 11.6 Å². The molecule has 0 radical (unpaired) electrons. The lowest BCUT2D eigenvalue weighted by Gasteiger charge is -2.17. The number of halogens is 1. The molecule has 1 unspecified atom stereocenters. The minimum absolute atomic E-state index is 0.532. The van der Waals surface area contributed by atoms with Crippen molar-refractivity contribution >= 4 is 22.6 Å². The van der Waals surface area contributed by atoms with Crippen LogP contribution in [-0.4, -0.2) is 40.1 Å². The summed E-state index contributed by atoms with van der Waals surface area (Å²) in [7, 11) is 4.23. The third-order valence-corrected chi connectivity index (χ3v) is 5.26. The summed E-state index contributed by atoms with van der Waals surface area (Å²) in [6.07, 6.45) is 7.85. The summed E-state index contributed by atoms with van der Waals surface area (Å²) >= 11 is 6.18. The number of hydrogen-bond acceptors (Lipinski definition) is 3. The van der Waals surface area contributed by atoms with Crippen LogP contribution in [0.3, 0.4) is 0 Å². The normalized spacial score (nSPS) is 12.6. The van der Waals surface area contributed by atoms with Crippen LogP contribution < -0.4 is 0 Å². The van der Waals surface area contributed by atoms with Crippen LogP contribution in [0.15, 0.2) is 67.3 Å². The summed E-state index contributed by atoms with van der Waals surface area (Å²) in [6, 6.07) is 14.2. The number of aromatic nitrogens is 3. The molecule has 4 nitrogen and oxygen atoms in total. The van der Waals surface area contributed by atoms with Crippen LogP contribution in [0.25, 0.3) is 33.3 Å². The number of rotatable bonds is 6. The summed E-state index contributed by atoms with van der Waals surface area (Å²) in [4.78, 5) is 11.4. The van der Waals surface area contributed by atoms with Crippen molar-refractivity contribution in [3.05, 3.63) is 72.3 Å². The van der Waals surface area contributed by atoms with E-state index in [1.165, 1.54) is 0 Å². The Hall–Kier alpha value is -2.69. The van der Waals surface area contributed by atoms with E-state index in [1.54, 1.807) is 0 Å². The van der Waals surface area contributed by atoms with Crippen molar-refractivity contribution in [3.8, 4) is 22.3 Å². The van der Waals surface area contributed by atoms with Gasteiger partial charge in [-0.15, -0.1) is 0 Å². The first-order chi connectivity index (χ1) is 14.0. The Kier molecular flexibility index (Phi) is 5.65. The fourth-order valence-corrected chi connectivity index (χ4v) is 4.11. The molecule has 148 valence electrons. The molecule has 0 aliphatic carbocycles. The van der Waals surface area contributed by atoms with Crippen LogP contribution in [0.2, 0.25) is 5.02 Å². The zero-order chi connectivity index (χ0) is 20.4. The van der Waals surface area contributed by atoms with Crippen LogP contribution in [0.1, 0.15) is 6.92 Å². The molecular formula is C24H25ClN4. The van der Waals surface area contributed by atoms with E-state index in [0.717, 1.165) is 51.4 Å². The molecule has 0 aliphatic heterocycles. The second-order valence-electron chi connectivity index (χ2n) is 7.91. The minimum Gasteiger partial charge on any atom is -0.345 e. The maximum absolute atomic E-state index is 6.18. The fraction of sp³-hybridized carbons (Fsp3) is 0.250. The van der Waals surface area contributed by atoms with Crippen LogP contribution in [0.4, 0.5) is 0 Å². The first kappa shape index (κ1) is 19.6. The maximum atomic E-state index is 6.18. The molecule has 5 heteroatoms. The highest BCUT2D eigenvalue weighted by molar-refractivity contribution is 6.30. The monoisotopic (exact) mass is 404 g/mol. The fourth-order valence-electron chi connectivity index (χ4n) is 3.91. The number of pyridine rings is 2. The molecule has 0 bridgehead atoms. The van der Waals surface area contributed by atoms with Crippen LogP contribution in [0.5, 0.6) is 0 Å². The van der Waals surface area contributed by atoms with Crippen molar-refractivity contribution in [2.45, 2.75) is 13.5 Å². The molecule has 4 rings (SSSR count). The Morgan fingerprint density at radius 2 is 1.86 bits per heavy atom. The molecule has 29 heavy (non-hydrogen) atoms. The van der Waals surface area contributed by atoms with E-state index >= 15 is 0 Å². The third-order valence-electron chi connectivity index (χ3n) is 5.03. The number of fused-ring (bicyclic) bond motifs is 1. The van der Waals surface area contributed by atoms with Gasteiger partial charge in [0.15, 0.2) is 0 Å². The van der Waals surface area contributed by atoms with Crippen molar-refractivity contribution < 1.29 is 0 Å². The number of hydrogen-bond donors (Lipinski definition) is 0. The molecule has 3 heterocycles. The van der Waals surface area contributed by atoms with Gasteiger partial charge < -0.3 is 9.47 Å². The molecule has 0 amide bonds. The Bertz CT molecular complexity index is 1130. The van der Waals surface area contributed by atoms with Gasteiger partial charge in [-0.3, -0.25) is 9.97 Å². The average Bonchev–Trinajstić information content (AvgIpc) is 3.06. The SMILES string of the molecule is CC(CN(C)C)Cn1cc(-c2cncc(-c3cccc(Cl)c3)c2)c2ncccc21. The van der Waals surface area contributed by atoms with Gasteiger partial charge in [0.2, 0.25) is 0 Å². The number of benzene rings is 1. The minimum atomic E-state index is 0.532. The first-order valence-electron chi connectivity index (χ1n) is 9.81. The molecule has 0 saturated carbocycles. The van der Waals surface area contributed by atoms with Crippen LogP contribution >= 0.6 is 11.6 Å². The van der Waals surface area contributed by atoms with Gasteiger partial charge in [-0.1, -0.05) is 30.7 Å². The molecule has 4 aromatic rings. The van der Waals surface area contributed by atoms with E-state index in [9.17, 15) is 0 Å². The van der Waals surface area contributed by atoms with Crippen molar-refractivity contribution in [1.29, 1.82) is 0 Å². The van der Waals surface area contributed by atoms with Gasteiger partial charge in [-0.25, -0.2) is 0 Å². The van der Waals surface area contributed by atoms with Crippen molar-refractivity contribution in [3.63, 3.8) is 0 Å². The Morgan fingerprint density at radius 3 is 2.66 bits per heavy atom.